The van der Waals surface area contributed by atoms with Gasteiger partial charge in [0, 0.05) is 11.8 Å². The van der Waals surface area contributed by atoms with Crippen molar-refractivity contribution in [3.05, 3.63) is 84.2 Å². The van der Waals surface area contributed by atoms with Crippen molar-refractivity contribution >= 4 is 33.2 Å². The minimum Gasteiger partial charge on any atom is -0.365 e. The van der Waals surface area contributed by atoms with Crippen molar-refractivity contribution in [1.82, 2.24) is 0 Å². The largest absolute Gasteiger partial charge is 0.365 e. The van der Waals surface area contributed by atoms with Gasteiger partial charge in [0.1, 0.15) is 5.56 Å². The fraction of sp³-hybridized carbons (Fsp3) is 0.0952. The van der Waals surface area contributed by atoms with Gasteiger partial charge in [-0.25, -0.2) is 8.42 Å². The van der Waals surface area contributed by atoms with Crippen molar-refractivity contribution in [2.75, 3.05) is 10.0 Å². The Bertz CT molecular complexity index is 1190. The van der Waals surface area contributed by atoms with E-state index in [0.717, 1.165) is 5.56 Å². The third-order valence-corrected chi connectivity index (χ3v) is 5.60. The summed E-state index contributed by atoms with van der Waals surface area (Å²) in [6.07, 6.45) is 3.12. The molecule has 8 nitrogen and oxygen atoms in total. The van der Waals surface area contributed by atoms with Gasteiger partial charge in [-0.15, -0.1) is 0 Å². The van der Waals surface area contributed by atoms with Crippen LogP contribution in [0.15, 0.2) is 78.0 Å². The molecule has 9 heteroatoms. The van der Waals surface area contributed by atoms with Crippen LogP contribution in [0.4, 0.5) is 11.4 Å². The first-order chi connectivity index (χ1) is 14.2. The number of amides is 2. The lowest BCUT2D eigenvalue weighted by atomic mass is 10.2. The fourth-order valence-corrected chi connectivity index (χ4v) is 3.77. The maximum atomic E-state index is 12.5. The molecule has 0 aliphatic carbocycles. The fourth-order valence-electron chi connectivity index (χ4n) is 2.72. The molecule has 0 atom stereocenters. The zero-order chi connectivity index (χ0) is 21.7. The molecule has 0 spiro atoms. The summed E-state index contributed by atoms with van der Waals surface area (Å²) >= 11 is 0. The Morgan fingerprint density at radius 2 is 1.70 bits per heavy atom. The first-order valence-corrected chi connectivity index (χ1v) is 10.5. The number of benzene rings is 2. The van der Waals surface area contributed by atoms with Crippen molar-refractivity contribution < 1.29 is 22.6 Å². The normalized spacial score (nSPS) is 11.0. The number of carbonyl (C=O) groups is 2. The van der Waals surface area contributed by atoms with Crippen LogP contribution in [0.3, 0.4) is 0 Å². The Morgan fingerprint density at radius 1 is 1.00 bits per heavy atom. The molecule has 154 valence electrons. The quantitative estimate of drug-likeness (QED) is 0.500. The van der Waals surface area contributed by atoms with E-state index in [9.17, 15) is 18.0 Å². The molecular formula is C21H21N4O4S+. The summed E-state index contributed by atoms with van der Waals surface area (Å²) in [6, 6.07) is 16.1. The van der Waals surface area contributed by atoms with Gasteiger partial charge >= 0.3 is 0 Å². The number of anilines is 2. The van der Waals surface area contributed by atoms with Crippen LogP contribution in [0.2, 0.25) is 0 Å². The average Bonchev–Trinajstić information content (AvgIpc) is 2.68. The SMILES string of the molecule is Cc1ccc(S(=O)(=O)Nc2cccc(NC(=O)C[n+]3cccc(C(N)=O)c3)c2)cc1. The summed E-state index contributed by atoms with van der Waals surface area (Å²) < 4.78 is 29.1. The lowest BCUT2D eigenvalue weighted by Gasteiger charge is -2.10. The summed E-state index contributed by atoms with van der Waals surface area (Å²) in [4.78, 5) is 23.7. The van der Waals surface area contributed by atoms with Gasteiger partial charge in [-0.3, -0.25) is 14.3 Å². The summed E-state index contributed by atoms with van der Waals surface area (Å²) in [6.45, 7) is 1.83. The van der Waals surface area contributed by atoms with Crippen LogP contribution >= 0.6 is 0 Å². The van der Waals surface area contributed by atoms with Gasteiger partial charge in [0.25, 0.3) is 21.8 Å². The second-order valence-corrected chi connectivity index (χ2v) is 8.36. The highest BCUT2D eigenvalue weighted by Gasteiger charge is 2.15. The summed E-state index contributed by atoms with van der Waals surface area (Å²) in [5.41, 5.74) is 7.23. The molecule has 0 aliphatic rings. The van der Waals surface area contributed by atoms with Crippen LogP contribution in [0.5, 0.6) is 0 Å². The van der Waals surface area contributed by atoms with E-state index in [1.165, 1.54) is 29.0 Å². The molecule has 0 fully saturated rings. The monoisotopic (exact) mass is 425 g/mol. The van der Waals surface area contributed by atoms with Crippen molar-refractivity contribution in [2.24, 2.45) is 5.73 Å². The van der Waals surface area contributed by atoms with Gasteiger partial charge in [0.15, 0.2) is 12.4 Å². The van der Waals surface area contributed by atoms with Crippen molar-refractivity contribution in [2.45, 2.75) is 18.4 Å². The number of nitrogens with one attached hydrogen (secondary N) is 2. The van der Waals surface area contributed by atoms with E-state index in [2.05, 4.69) is 10.0 Å². The molecule has 0 bridgehead atoms. The van der Waals surface area contributed by atoms with Crippen LogP contribution in [-0.4, -0.2) is 20.2 Å². The van der Waals surface area contributed by atoms with Gasteiger partial charge in [-0.1, -0.05) is 23.8 Å². The Kier molecular flexibility index (Phi) is 6.12. The molecule has 2 aromatic carbocycles. The number of hydrogen-bond acceptors (Lipinski definition) is 4. The molecule has 30 heavy (non-hydrogen) atoms. The first-order valence-electron chi connectivity index (χ1n) is 9.01. The van der Waals surface area contributed by atoms with Crippen molar-refractivity contribution in [1.29, 1.82) is 0 Å². The number of primary amides is 1. The molecule has 1 heterocycles. The number of nitrogens with two attached hydrogens (primary N) is 1. The zero-order valence-electron chi connectivity index (χ0n) is 16.2. The third-order valence-electron chi connectivity index (χ3n) is 4.20. The topological polar surface area (TPSA) is 122 Å². The molecule has 0 saturated carbocycles. The van der Waals surface area contributed by atoms with Gasteiger partial charge in [0.05, 0.1) is 10.6 Å². The molecule has 3 rings (SSSR count). The van der Waals surface area contributed by atoms with Gasteiger partial charge in [-0.05, 0) is 43.3 Å². The maximum Gasteiger partial charge on any atom is 0.290 e. The summed E-state index contributed by atoms with van der Waals surface area (Å²) in [7, 11) is -3.75. The highest BCUT2D eigenvalue weighted by atomic mass is 32.2. The van der Waals surface area contributed by atoms with Gasteiger partial charge < -0.3 is 11.1 Å². The van der Waals surface area contributed by atoms with E-state index in [0.29, 0.717) is 11.4 Å². The number of sulfonamides is 1. The molecule has 2 amide bonds. The predicted molar refractivity (Wildman–Crippen MR) is 112 cm³/mol. The number of pyridine rings is 1. The predicted octanol–water partition coefficient (Wildman–Crippen LogP) is 1.82. The van der Waals surface area contributed by atoms with Gasteiger partial charge in [-0.2, -0.15) is 4.57 Å². The number of carbonyl (C=O) groups excluding carboxylic acids is 2. The molecule has 1 aromatic heterocycles. The Hall–Kier alpha value is -3.72. The molecule has 3 aromatic rings. The number of rotatable bonds is 7. The molecule has 4 N–H and O–H groups in total. The van der Waals surface area contributed by atoms with E-state index in [1.54, 1.807) is 48.7 Å². The third kappa shape index (κ3) is 5.42. The Morgan fingerprint density at radius 3 is 2.40 bits per heavy atom. The number of aromatic nitrogens is 1. The standard InChI is InChI=1S/C21H20N4O4S/c1-15-7-9-19(10-8-15)30(28,29)24-18-6-2-5-17(12-18)23-20(26)14-25-11-3-4-16(13-25)21(22)27/h2-13,24H,14H2,1H3,(H2-,22,23,26,27)/p+1. The van der Waals surface area contributed by atoms with Crippen LogP contribution < -0.4 is 20.3 Å². The Balaban J connectivity index is 1.69. The van der Waals surface area contributed by atoms with Crippen molar-refractivity contribution in [3.8, 4) is 0 Å². The number of hydrogen-bond donors (Lipinski definition) is 3. The highest BCUT2D eigenvalue weighted by Crippen LogP contribution is 2.20. The van der Waals surface area contributed by atoms with E-state index in [4.69, 9.17) is 5.73 Å². The van der Waals surface area contributed by atoms with Crippen LogP contribution in [0.1, 0.15) is 15.9 Å². The van der Waals surface area contributed by atoms with E-state index in [1.807, 2.05) is 6.92 Å². The minimum atomic E-state index is -3.75. The Labute approximate surface area is 174 Å². The van der Waals surface area contributed by atoms with Gasteiger partial charge in [0.2, 0.25) is 6.54 Å². The van der Waals surface area contributed by atoms with Crippen LogP contribution in [0, 0.1) is 6.92 Å². The molecule has 0 aliphatic heterocycles. The first kappa shape index (κ1) is 21.0. The lowest BCUT2D eigenvalue weighted by Crippen LogP contribution is -2.40. The second-order valence-electron chi connectivity index (χ2n) is 6.68. The molecular weight excluding hydrogens is 404 g/mol. The van der Waals surface area contributed by atoms with Crippen LogP contribution in [0.25, 0.3) is 0 Å². The average molecular weight is 425 g/mol. The molecule has 0 saturated heterocycles. The number of nitrogens with zero attached hydrogens (tertiary/aromatic N) is 1. The zero-order valence-corrected chi connectivity index (χ0v) is 17.0. The number of aryl methyl sites for hydroxylation is 1. The minimum absolute atomic E-state index is 0.0412. The highest BCUT2D eigenvalue weighted by molar-refractivity contribution is 7.92. The van der Waals surface area contributed by atoms with Crippen molar-refractivity contribution in [3.63, 3.8) is 0 Å². The maximum absolute atomic E-state index is 12.5. The molecule has 0 unspecified atom stereocenters. The molecule has 0 radical (unpaired) electrons. The van der Waals surface area contributed by atoms with Crippen LogP contribution in [-0.2, 0) is 21.4 Å². The second kappa shape index (κ2) is 8.75. The van der Waals surface area contributed by atoms with E-state index >= 15 is 0 Å². The summed E-state index contributed by atoms with van der Waals surface area (Å²) in [5.74, 6) is -0.932. The lowest BCUT2D eigenvalue weighted by molar-refractivity contribution is -0.684. The smallest absolute Gasteiger partial charge is 0.290 e. The summed E-state index contributed by atoms with van der Waals surface area (Å²) in [5, 5.41) is 2.70. The van der Waals surface area contributed by atoms with E-state index < -0.39 is 15.9 Å². The van der Waals surface area contributed by atoms with E-state index in [-0.39, 0.29) is 22.9 Å².